The van der Waals surface area contributed by atoms with Gasteiger partial charge in [-0.1, -0.05) is 30.3 Å². The van der Waals surface area contributed by atoms with Crippen LogP contribution in [0.15, 0.2) is 79.0 Å². The van der Waals surface area contributed by atoms with E-state index in [0.717, 1.165) is 38.1 Å². The van der Waals surface area contributed by atoms with Crippen molar-refractivity contribution in [3.8, 4) is 5.75 Å². The standard InChI is InChI=1S/C26H25N3O2S/c1-17-13-14-27-23(15-17)28-24(19-9-11-21(31-3)12-10-19)22-16-18(2)32-26(22)29-25(30)20-7-5-4-6-8-20/h4-16,24H,1-3H3,(H,27,28)(H,29,30)/t24-/m0/s1. The molecule has 2 N–H and O–H groups in total. The number of hydrogen-bond donors (Lipinski definition) is 2. The summed E-state index contributed by atoms with van der Waals surface area (Å²) in [6, 6.07) is 23.1. The summed E-state index contributed by atoms with van der Waals surface area (Å²) in [5, 5.41) is 7.49. The Balaban J connectivity index is 1.72. The zero-order valence-electron chi connectivity index (χ0n) is 18.3. The van der Waals surface area contributed by atoms with Crippen LogP contribution >= 0.6 is 11.3 Å². The smallest absolute Gasteiger partial charge is 0.256 e. The van der Waals surface area contributed by atoms with E-state index in [0.29, 0.717) is 5.56 Å². The number of amides is 1. The summed E-state index contributed by atoms with van der Waals surface area (Å²) in [5.74, 6) is 1.44. The van der Waals surface area contributed by atoms with Crippen LogP contribution in [-0.4, -0.2) is 18.0 Å². The van der Waals surface area contributed by atoms with Gasteiger partial charge in [-0.3, -0.25) is 4.79 Å². The highest BCUT2D eigenvalue weighted by molar-refractivity contribution is 7.16. The van der Waals surface area contributed by atoms with Crippen LogP contribution in [0.25, 0.3) is 0 Å². The Morgan fingerprint density at radius 1 is 1.00 bits per heavy atom. The van der Waals surface area contributed by atoms with Gasteiger partial charge in [0.15, 0.2) is 0 Å². The maximum Gasteiger partial charge on any atom is 0.256 e. The van der Waals surface area contributed by atoms with Crippen LogP contribution in [-0.2, 0) is 0 Å². The first-order chi connectivity index (χ1) is 15.5. The maximum absolute atomic E-state index is 12.9. The van der Waals surface area contributed by atoms with Crippen molar-refractivity contribution in [2.45, 2.75) is 19.9 Å². The Morgan fingerprint density at radius 2 is 1.75 bits per heavy atom. The van der Waals surface area contributed by atoms with Gasteiger partial charge in [-0.05, 0) is 67.4 Å². The van der Waals surface area contributed by atoms with Gasteiger partial charge in [0, 0.05) is 22.2 Å². The third kappa shape index (κ3) is 4.98. The zero-order chi connectivity index (χ0) is 22.5. The van der Waals surface area contributed by atoms with Crippen molar-refractivity contribution in [3.63, 3.8) is 0 Å². The highest BCUT2D eigenvalue weighted by atomic mass is 32.1. The number of ether oxygens (including phenoxy) is 1. The number of benzene rings is 2. The number of methoxy groups -OCH3 is 1. The predicted molar refractivity (Wildman–Crippen MR) is 131 cm³/mol. The molecule has 0 aliphatic rings. The minimum absolute atomic E-state index is 0.129. The molecule has 2 aromatic heterocycles. The van der Waals surface area contributed by atoms with Gasteiger partial charge >= 0.3 is 0 Å². The van der Waals surface area contributed by atoms with Crippen molar-refractivity contribution in [1.29, 1.82) is 0 Å². The fraction of sp³-hybridized carbons (Fsp3) is 0.154. The lowest BCUT2D eigenvalue weighted by Gasteiger charge is -2.21. The van der Waals surface area contributed by atoms with Crippen molar-refractivity contribution >= 4 is 28.1 Å². The normalized spacial score (nSPS) is 11.6. The van der Waals surface area contributed by atoms with Crippen LogP contribution in [0.1, 0.15) is 38.0 Å². The summed E-state index contributed by atoms with van der Waals surface area (Å²) in [7, 11) is 1.65. The fourth-order valence-corrected chi connectivity index (χ4v) is 4.46. The summed E-state index contributed by atoms with van der Waals surface area (Å²) in [4.78, 5) is 18.5. The Bertz CT molecular complexity index is 1200. The van der Waals surface area contributed by atoms with Crippen LogP contribution in [0.5, 0.6) is 5.75 Å². The average Bonchev–Trinajstić information content (AvgIpc) is 3.17. The molecule has 0 bridgehead atoms. The molecule has 162 valence electrons. The highest BCUT2D eigenvalue weighted by Crippen LogP contribution is 2.38. The Kier molecular flexibility index (Phi) is 6.52. The van der Waals surface area contributed by atoms with Crippen molar-refractivity contribution < 1.29 is 9.53 Å². The van der Waals surface area contributed by atoms with Crippen molar-refractivity contribution in [2.75, 3.05) is 17.7 Å². The Hall–Kier alpha value is -3.64. The molecular weight excluding hydrogens is 418 g/mol. The second-order valence-electron chi connectivity index (χ2n) is 7.53. The van der Waals surface area contributed by atoms with E-state index < -0.39 is 0 Å². The van der Waals surface area contributed by atoms with Gasteiger partial charge in [0.05, 0.1) is 13.2 Å². The number of rotatable bonds is 7. The molecule has 0 spiro atoms. The Morgan fingerprint density at radius 3 is 2.44 bits per heavy atom. The quantitative estimate of drug-likeness (QED) is 0.356. The Labute approximate surface area is 192 Å². The second-order valence-corrected chi connectivity index (χ2v) is 8.79. The molecule has 4 aromatic rings. The average molecular weight is 444 g/mol. The minimum Gasteiger partial charge on any atom is -0.497 e. The molecular formula is C26H25N3O2S. The first-order valence-corrected chi connectivity index (χ1v) is 11.1. The topological polar surface area (TPSA) is 63.2 Å². The largest absolute Gasteiger partial charge is 0.497 e. The third-order valence-corrected chi connectivity index (χ3v) is 6.10. The lowest BCUT2D eigenvalue weighted by Crippen LogP contribution is -2.17. The number of aromatic nitrogens is 1. The van der Waals surface area contributed by atoms with Crippen molar-refractivity contribution in [1.82, 2.24) is 4.98 Å². The third-order valence-electron chi connectivity index (χ3n) is 5.11. The summed E-state index contributed by atoms with van der Waals surface area (Å²) in [6.45, 7) is 4.08. The molecule has 1 atom stereocenters. The van der Waals surface area contributed by atoms with E-state index in [-0.39, 0.29) is 11.9 Å². The van der Waals surface area contributed by atoms with Crippen LogP contribution in [0.4, 0.5) is 10.8 Å². The number of thiophene rings is 1. The maximum atomic E-state index is 12.9. The van der Waals surface area contributed by atoms with Crippen molar-refractivity contribution in [3.05, 3.63) is 106 Å². The van der Waals surface area contributed by atoms with Gasteiger partial charge < -0.3 is 15.4 Å². The zero-order valence-corrected chi connectivity index (χ0v) is 19.1. The molecule has 1 amide bonds. The number of hydrogen-bond acceptors (Lipinski definition) is 5. The molecule has 0 saturated heterocycles. The second kappa shape index (κ2) is 9.66. The summed E-state index contributed by atoms with van der Waals surface area (Å²) < 4.78 is 5.33. The van der Waals surface area contributed by atoms with Gasteiger partial charge in [-0.15, -0.1) is 11.3 Å². The molecule has 0 aliphatic heterocycles. The van der Waals surface area contributed by atoms with E-state index in [9.17, 15) is 4.79 Å². The number of nitrogens with zero attached hydrogens (tertiary/aromatic N) is 1. The first kappa shape index (κ1) is 21.6. The summed E-state index contributed by atoms with van der Waals surface area (Å²) >= 11 is 1.56. The SMILES string of the molecule is COc1ccc([C@H](Nc2cc(C)ccn2)c2cc(C)sc2NC(=O)c2ccccc2)cc1. The highest BCUT2D eigenvalue weighted by Gasteiger charge is 2.22. The van der Waals surface area contributed by atoms with Crippen LogP contribution in [0, 0.1) is 13.8 Å². The first-order valence-electron chi connectivity index (χ1n) is 10.3. The molecule has 0 fully saturated rings. The molecule has 32 heavy (non-hydrogen) atoms. The summed E-state index contributed by atoms with van der Waals surface area (Å²) in [5.41, 5.74) is 3.78. The molecule has 2 aromatic carbocycles. The molecule has 4 rings (SSSR count). The molecule has 0 aliphatic carbocycles. The lowest BCUT2D eigenvalue weighted by atomic mass is 9.99. The van der Waals surface area contributed by atoms with E-state index in [1.165, 1.54) is 0 Å². The number of carbonyl (C=O) groups is 1. The molecule has 0 radical (unpaired) electrons. The molecule has 6 heteroatoms. The monoisotopic (exact) mass is 443 g/mol. The molecule has 5 nitrogen and oxygen atoms in total. The number of carbonyl (C=O) groups excluding carboxylic acids is 1. The van der Waals surface area contributed by atoms with E-state index in [2.05, 4.69) is 21.7 Å². The van der Waals surface area contributed by atoms with Gasteiger partial charge in [0.25, 0.3) is 5.91 Å². The van der Waals surface area contributed by atoms with Gasteiger partial charge in [-0.25, -0.2) is 4.98 Å². The molecule has 0 unspecified atom stereocenters. The lowest BCUT2D eigenvalue weighted by molar-refractivity contribution is 0.102. The fourth-order valence-electron chi connectivity index (χ4n) is 3.51. The molecule has 0 saturated carbocycles. The van der Waals surface area contributed by atoms with E-state index in [4.69, 9.17) is 4.74 Å². The minimum atomic E-state index is -0.203. The summed E-state index contributed by atoms with van der Waals surface area (Å²) in [6.07, 6.45) is 1.79. The van der Waals surface area contributed by atoms with Crippen LogP contribution < -0.4 is 15.4 Å². The van der Waals surface area contributed by atoms with E-state index in [1.54, 1.807) is 24.6 Å². The predicted octanol–water partition coefficient (Wildman–Crippen LogP) is 6.22. The van der Waals surface area contributed by atoms with E-state index in [1.807, 2.05) is 80.6 Å². The number of anilines is 2. The number of nitrogens with one attached hydrogen (secondary N) is 2. The number of pyridine rings is 1. The van der Waals surface area contributed by atoms with Gasteiger partial charge in [0.1, 0.15) is 16.6 Å². The number of aryl methyl sites for hydroxylation is 2. The van der Waals surface area contributed by atoms with Crippen LogP contribution in [0.3, 0.4) is 0 Å². The van der Waals surface area contributed by atoms with Gasteiger partial charge in [-0.2, -0.15) is 0 Å². The van der Waals surface area contributed by atoms with Crippen molar-refractivity contribution in [2.24, 2.45) is 0 Å². The van der Waals surface area contributed by atoms with E-state index >= 15 is 0 Å². The molecule has 2 heterocycles. The van der Waals surface area contributed by atoms with Gasteiger partial charge in [0.2, 0.25) is 0 Å². The van der Waals surface area contributed by atoms with Crippen LogP contribution in [0.2, 0.25) is 0 Å².